The Bertz CT molecular complexity index is 19.2. The summed E-state index contributed by atoms with van der Waals surface area (Å²) in [6.45, 7) is 11.4. The first-order valence-corrected chi connectivity index (χ1v) is 3.91. The average molecular weight is 128 g/mol. The fraction of sp³-hybridized carbons (Fsp3) is 0.778. The first kappa shape index (κ1) is 11.8. The Balaban J connectivity index is 0. The fourth-order valence-corrected chi connectivity index (χ4v) is 0.427. The molecule has 0 nitrogen and oxygen atoms in total. The van der Waals surface area contributed by atoms with Crippen LogP contribution in [0.4, 0.5) is 0 Å². The van der Waals surface area contributed by atoms with Crippen LogP contribution in [-0.4, -0.2) is 0 Å². The standard InChI is InChI=1S/C6H13.C3H7/c1-3-5-6-4-2;1-3-2/h1,3-6H2,2H3;1,3H2,2H3. The minimum absolute atomic E-state index is 1.00. The van der Waals surface area contributed by atoms with Gasteiger partial charge in [0.25, 0.3) is 0 Å². The highest BCUT2D eigenvalue weighted by Crippen LogP contribution is 1.95. The van der Waals surface area contributed by atoms with E-state index < -0.39 is 0 Å². The summed E-state index contributed by atoms with van der Waals surface area (Å²) >= 11 is 0. The predicted octanol–water partition coefficient (Wildman–Crippen LogP) is 3.63. The molecule has 0 aliphatic heterocycles. The second-order valence-corrected chi connectivity index (χ2v) is 2.06. The second kappa shape index (κ2) is 15.7. The molecule has 0 unspecified atom stereocenters. The van der Waals surface area contributed by atoms with Crippen molar-refractivity contribution >= 4 is 0 Å². The third kappa shape index (κ3) is 32.0. The zero-order chi connectivity index (χ0) is 7.54. The highest BCUT2D eigenvalue weighted by Gasteiger charge is 1.75. The summed E-state index contributed by atoms with van der Waals surface area (Å²) in [6, 6.07) is 0. The Labute approximate surface area is 60.7 Å². The topological polar surface area (TPSA) is 0 Å². The van der Waals surface area contributed by atoms with Crippen LogP contribution in [0.2, 0.25) is 0 Å². The summed E-state index contributed by atoms with van der Waals surface area (Å²) in [5.41, 5.74) is 0. The van der Waals surface area contributed by atoms with Crippen LogP contribution in [0.3, 0.4) is 0 Å². The molecular weight excluding hydrogens is 108 g/mol. The molecule has 0 bridgehead atoms. The number of unbranched alkanes of at least 4 members (excludes halogenated alkanes) is 3. The molecule has 0 aromatic rings. The third-order valence-corrected chi connectivity index (χ3v) is 0.854. The summed E-state index contributed by atoms with van der Waals surface area (Å²) < 4.78 is 0. The van der Waals surface area contributed by atoms with E-state index in [9.17, 15) is 0 Å². The maximum Gasteiger partial charge on any atom is -0.0533 e. The monoisotopic (exact) mass is 128 g/mol. The Morgan fingerprint density at radius 1 is 1.00 bits per heavy atom. The highest BCUT2D eigenvalue weighted by molar-refractivity contribution is 4.38. The molecule has 0 aliphatic carbocycles. The SMILES string of the molecule is [CH2]CC.[CH2]CCCCC. The van der Waals surface area contributed by atoms with E-state index in [2.05, 4.69) is 20.8 Å². The van der Waals surface area contributed by atoms with Crippen LogP contribution < -0.4 is 0 Å². The molecule has 0 aliphatic rings. The van der Waals surface area contributed by atoms with Crippen LogP contribution in [0.1, 0.15) is 46.0 Å². The maximum atomic E-state index is 3.72. The molecule has 2 radical (unpaired) electrons. The van der Waals surface area contributed by atoms with Gasteiger partial charge in [0.2, 0.25) is 0 Å². The molecule has 0 saturated carbocycles. The van der Waals surface area contributed by atoms with Crippen molar-refractivity contribution in [3.63, 3.8) is 0 Å². The lowest BCUT2D eigenvalue weighted by Crippen LogP contribution is -1.66. The van der Waals surface area contributed by atoms with E-state index in [4.69, 9.17) is 0 Å². The van der Waals surface area contributed by atoms with Crippen LogP contribution in [0, 0.1) is 13.8 Å². The molecule has 56 valence electrons. The molecule has 0 atom stereocenters. The van der Waals surface area contributed by atoms with Crippen LogP contribution >= 0.6 is 0 Å². The van der Waals surface area contributed by atoms with Gasteiger partial charge in [-0.1, -0.05) is 59.8 Å². The first-order valence-electron chi connectivity index (χ1n) is 3.91. The Morgan fingerprint density at radius 3 is 1.56 bits per heavy atom. The quantitative estimate of drug-likeness (QED) is 0.509. The molecule has 0 fully saturated rings. The molecule has 0 heterocycles. The van der Waals surface area contributed by atoms with Crippen molar-refractivity contribution in [1.82, 2.24) is 0 Å². The number of hydrogen-bond donors (Lipinski definition) is 0. The van der Waals surface area contributed by atoms with Gasteiger partial charge in [-0.05, 0) is 0 Å². The number of hydrogen-bond acceptors (Lipinski definition) is 0. The lowest BCUT2D eigenvalue weighted by atomic mass is 10.2. The minimum atomic E-state index is 1.00. The van der Waals surface area contributed by atoms with E-state index in [1.165, 1.54) is 19.3 Å². The first-order chi connectivity index (χ1) is 4.33. The van der Waals surface area contributed by atoms with Crippen molar-refractivity contribution in [2.45, 2.75) is 46.0 Å². The Kier molecular flexibility index (Phi) is 20.5. The van der Waals surface area contributed by atoms with Crippen molar-refractivity contribution < 1.29 is 0 Å². The predicted molar refractivity (Wildman–Crippen MR) is 45.1 cm³/mol. The van der Waals surface area contributed by atoms with Gasteiger partial charge in [-0.15, -0.1) is 0 Å². The summed E-state index contributed by atoms with van der Waals surface area (Å²) in [4.78, 5) is 0. The molecule has 0 N–H and O–H groups in total. The molecule has 0 heteroatoms. The lowest BCUT2D eigenvalue weighted by molar-refractivity contribution is 0.728. The molecule has 0 saturated heterocycles. The zero-order valence-corrected chi connectivity index (χ0v) is 6.95. The van der Waals surface area contributed by atoms with Gasteiger partial charge in [0, 0.05) is 0 Å². The van der Waals surface area contributed by atoms with Crippen molar-refractivity contribution in [3.05, 3.63) is 13.8 Å². The van der Waals surface area contributed by atoms with E-state index >= 15 is 0 Å². The van der Waals surface area contributed by atoms with Crippen LogP contribution in [-0.2, 0) is 0 Å². The summed E-state index contributed by atoms with van der Waals surface area (Å²) in [5.74, 6) is 0. The molecule has 0 amide bonds. The third-order valence-electron chi connectivity index (χ3n) is 0.854. The number of rotatable bonds is 3. The smallest absolute Gasteiger partial charge is 0.0533 e. The van der Waals surface area contributed by atoms with Crippen molar-refractivity contribution in [2.75, 3.05) is 0 Å². The van der Waals surface area contributed by atoms with Crippen molar-refractivity contribution in [2.24, 2.45) is 0 Å². The van der Waals surface area contributed by atoms with Crippen molar-refractivity contribution in [1.29, 1.82) is 0 Å². The van der Waals surface area contributed by atoms with E-state index in [0.717, 1.165) is 12.8 Å². The lowest BCUT2D eigenvalue weighted by Gasteiger charge is -1.86. The summed E-state index contributed by atoms with van der Waals surface area (Å²) in [5, 5.41) is 0. The van der Waals surface area contributed by atoms with Gasteiger partial charge in [0.05, 0.1) is 0 Å². The van der Waals surface area contributed by atoms with Gasteiger partial charge in [-0.25, -0.2) is 0 Å². The average Bonchev–Trinajstić information content (AvgIpc) is 1.86. The van der Waals surface area contributed by atoms with Gasteiger partial charge in [0.15, 0.2) is 0 Å². The van der Waals surface area contributed by atoms with Crippen LogP contribution in [0.5, 0.6) is 0 Å². The molecule has 9 heavy (non-hydrogen) atoms. The van der Waals surface area contributed by atoms with E-state index in [0.29, 0.717) is 0 Å². The van der Waals surface area contributed by atoms with Gasteiger partial charge < -0.3 is 0 Å². The maximum absolute atomic E-state index is 3.72. The Hall–Kier alpha value is 0. The van der Waals surface area contributed by atoms with Gasteiger partial charge in [-0.3, -0.25) is 0 Å². The fourth-order valence-electron chi connectivity index (χ4n) is 0.427. The van der Waals surface area contributed by atoms with Crippen molar-refractivity contribution in [3.8, 4) is 0 Å². The van der Waals surface area contributed by atoms with E-state index in [-0.39, 0.29) is 0 Å². The zero-order valence-electron chi connectivity index (χ0n) is 6.95. The van der Waals surface area contributed by atoms with Crippen LogP contribution in [0.25, 0.3) is 0 Å². The van der Waals surface area contributed by atoms with Crippen LogP contribution in [0.15, 0.2) is 0 Å². The Morgan fingerprint density at radius 2 is 1.44 bits per heavy atom. The highest BCUT2D eigenvalue weighted by atomic mass is 13.8. The summed E-state index contributed by atoms with van der Waals surface area (Å²) in [6.07, 6.45) is 6.07. The normalized spacial score (nSPS) is 8.00. The largest absolute Gasteiger partial charge is 0.0654 e. The van der Waals surface area contributed by atoms with Gasteiger partial charge >= 0.3 is 0 Å². The molecule has 0 aromatic carbocycles. The summed E-state index contributed by atoms with van der Waals surface area (Å²) in [7, 11) is 0. The molecular formula is C9H20. The van der Waals surface area contributed by atoms with Gasteiger partial charge in [0.1, 0.15) is 0 Å². The second-order valence-electron chi connectivity index (χ2n) is 2.06. The molecule has 0 aromatic heterocycles. The van der Waals surface area contributed by atoms with E-state index in [1.54, 1.807) is 0 Å². The molecule has 0 rings (SSSR count). The van der Waals surface area contributed by atoms with E-state index in [1.807, 2.05) is 6.92 Å². The van der Waals surface area contributed by atoms with Gasteiger partial charge in [-0.2, -0.15) is 0 Å². The minimum Gasteiger partial charge on any atom is -0.0654 e. The molecule has 0 spiro atoms.